The van der Waals surface area contributed by atoms with Gasteiger partial charge in [0.25, 0.3) is 0 Å². The van der Waals surface area contributed by atoms with Crippen molar-refractivity contribution in [2.24, 2.45) is 28.6 Å². The first-order valence-electron chi connectivity index (χ1n) is 9.94. The highest BCUT2D eigenvalue weighted by Gasteiger charge is 2.55. The quantitative estimate of drug-likeness (QED) is 0.456. The van der Waals surface area contributed by atoms with Crippen molar-refractivity contribution >= 4 is 11.6 Å². The number of allylic oxidation sites excluding steroid dienone is 1. The Hall–Kier alpha value is -0.0100. The summed E-state index contributed by atoms with van der Waals surface area (Å²) in [7, 11) is 0. The molecule has 0 heterocycles. The first-order valence-corrected chi connectivity index (χ1v) is 10.5. The molecule has 5 unspecified atom stereocenters. The maximum absolute atomic E-state index is 5.97. The van der Waals surface area contributed by atoms with Crippen molar-refractivity contribution in [2.45, 2.75) is 77.7 Å². The fraction of sp³-hybridized carbons (Fsp3) is 0.905. The minimum atomic E-state index is 0.421. The molecule has 0 N–H and O–H groups in total. The van der Waals surface area contributed by atoms with Gasteiger partial charge in [0.2, 0.25) is 0 Å². The third kappa shape index (κ3) is 2.61. The second-order valence-corrected chi connectivity index (χ2v) is 9.65. The summed E-state index contributed by atoms with van der Waals surface area (Å²) >= 11 is 5.80. The highest BCUT2D eigenvalue weighted by Crippen LogP contribution is 2.64. The van der Waals surface area contributed by atoms with Gasteiger partial charge in [0.05, 0.1) is 12.7 Å². The molecule has 0 radical (unpaired) electrons. The van der Waals surface area contributed by atoms with Crippen molar-refractivity contribution in [3.05, 3.63) is 11.6 Å². The average molecular weight is 337 g/mol. The van der Waals surface area contributed by atoms with E-state index in [4.69, 9.17) is 16.3 Å². The smallest absolute Gasteiger partial charge is 0.0613 e. The van der Waals surface area contributed by atoms with E-state index in [-0.39, 0.29) is 0 Å². The third-order valence-corrected chi connectivity index (χ3v) is 8.42. The SMILES string of the molecule is CC12CCCC1C1CC=C3CC(OCCCl)CC[C@]3(C)C1CC2. The minimum absolute atomic E-state index is 0.421. The predicted molar refractivity (Wildman–Crippen MR) is 96.8 cm³/mol. The molecule has 0 spiro atoms. The Morgan fingerprint density at radius 3 is 2.83 bits per heavy atom. The first kappa shape index (κ1) is 16.5. The summed E-state index contributed by atoms with van der Waals surface area (Å²) in [4.78, 5) is 0. The normalized spacial score (nSPS) is 49.1. The molecule has 3 saturated carbocycles. The van der Waals surface area contributed by atoms with E-state index >= 15 is 0 Å². The molecule has 3 fully saturated rings. The molecule has 0 aromatic carbocycles. The fourth-order valence-electron chi connectivity index (χ4n) is 6.97. The minimum Gasteiger partial charge on any atom is -0.377 e. The Morgan fingerprint density at radius 1 is 1.13 bits per heavy atom. The molecule has 0 bridgehead atoms. The summed E-state index contributed by atoms with van der Waals surface area (Å²) in [5.41, 5.74) is 2.86. The van der Waals surface area contributed by atoms with Crippen molar-refractivity contribution < 1.29 is 4.74 Å². The van der Waals surface area contributed by atoms with Crippen LogP contribution < -0.4 is 0 Å². The molecule has 4 aliphatic rings. The molecule has 0 aliphatic heterocycles. The van der Waals surface area contributed by atoms with Crippen molar-refractivity contribution in [3.8, 4) is 0 Å². The van der Waals surface area contributed by atoms with Crippen LogP contribution in [0.2, 0.25) is 0 Å². The zero-order valence-corrected chi connectivity index (χ0v) is 15.7. The molecule has 23 heavy (non-hydrogen) atoms. The zero-order valence-electron chi connectivity index (χ0n) is 15.0. The average Bonchev–Trinajstić information content (AvgIpc) is 2.94. The molecule has 4 aliphatic carbocycles. The van der Waals surface area contributed by atoms with E-state index in [2.05, 4.69) is 19.9 Å². The lowest BCUT2D eigenvalue weighted by Crippen LogP contribution is -2.49. The lowest BCUT2D eigenvalue weighted by molar-refractivity contribution is -0.0456. The van der Waals surface area contributed by atoms with Crippen LogP contribution >= 0.6 is 11.6 Å². The van der Waals surface area contributed by atoms with Gasteiger partial charge >= 0.3 is 0 Å². The van der Waals surface area contributed by atoms with Crippen LogP contribution in [0.15, 0.2) is 11.6 Å². The summed E-state index contributed by atoms with van der Waals surface area (Å²) in [6.07, 6.45) is 15.6. The molecule has 4 rings (SSSR count). The molecule has 0 amide bonds. The van der Waals surface area contributed by atoms with E-state index in [9.17, 15) is 0 Å². The van der Waals surface area contributed by atoms with Crippen LogP contribution in [0.25, 0.3) is 0 Å². The molecule has 0 aromatic heterocycles. The number of fused-ring (bicyclic) bond motifs is 5. The highest BCUT2D eigenvalue weighted by atomic mass is 35.5. The number of hydrogen-bond donors (Lipinski definition) is 0. The monoisotopic (exact) mass is 336 g/mol. The van der Waals surface area contributed by atoms with E-state index in [1.807, 2.05) is 0 Å². The second-order valence-electron chi connectivity index (χ2n) is 9.27. The lowest BCUT2D eigenvalue weighted by atomic mass is 9.48. The fourth-order valence-corrected chi connectivity index (χ4v) is 7.06. The number of rotatable bonds is 3. The van der Waals surface area contributed by atoms with E-state index in [0.29, 0.717) is 29.4 Å². The van der Waals surface area contributed by atoms with Gasteiger partial charge in [-0.25, -0.2) is 0 Å². The number of halogens is 1. The highest BCUT2D eigenvalue weighted by molar-refractivity contribution is 6.17. The molecule has 0 aromatic rings. The Labute approximate surface area is 147 Å². The molecule has 0 saturated heterocycles. The summed E-state index contributed by atoms with van der Waals surface area (Å²) in [6, 6.07) is 0. The summed E-state index contributed by atoms with van der Waals surface area (Å²) in [5.74, 6) is 3.52. The molecule has 2 heteroatoms. The van der Waals surface area contributed by atoms with Crippen LogP contribution in [-0.4, -0.2) is 18.6 Å². The topological polar surface area (TPSA) is 9.23 Å². The van der Waals surface area contributed by atoms with Gasteiger partial charge in [-0.3, -0.25) is 0 Å². The van der Waals surface area contributed by atoms with Crippen molar-refractivity contribution in [3.63, 3.8) is 0 Å². The maximum atomic E-state index is 5.97. The predicted octanol–water partition coefficient (Wildman–Crippen LogP) is 5.96. The third-order valence-electron chi connectivity index (χ3n) is 8.27. The van der Waals surface area contributed by atoms with Gasteiger partial charge in [0.15, 0.2) is 0 Å². The number of ether oxygens (including phenoxy) is 1. The van der Waals surface area contributed by atoms with Crippen molar-refractivity contribution in [2.75, 3.05) is 12.5 Å². The van der Waals surface area contributed by atoms with Crippen LogP contribution in [0, 0.1) is 28.6 Å². The molecule has 130 valence electrons. The second kappa shape index (κ2) is 6.06. The van der Waals surface area contributed by atoms with Gasteiger partial charge in [-0.15, -0.1) is 11.6 Å². The Balaban J connectivity index is 1.55. The Bertz CT molecular complexity index is 486. The van der Waals surface area contributed by atoms with Crippen molar-refractivity contribution in [1.29, 1.82) is 0 Å². The van der Waals surface area contributed by atoms with Gasteiger partial charge < -0.3 is 4.74 Å². The van der Waals surface area contributed by atoms with Crippen molar-refractivity contribution in [1.82, 2.24) is 0 Å². The molecule has 6 atom stereocenters. The Morgan fingerprint density at radius 2 is 2.00 bits per heavy atom. The standard InChI is InChI=1S/C21H33ClO/c1-20-9-3-4-18(20)17-6-5-15-14-16(23-13-12-22)7-11-21(15,2)19(17)8-10-20/h5,16-19H,3-4,6-14H2,1-2H3/t16?,17?,18?,19?,20?,21-/m0/s1. The lowest BCUT2D eigenvalue weighted by Gasteiger charge is -2.57. The van der Waals surface area contributed by atoms with E-state index in [1.165, 1.54) is 57.8 Å². The summed E-state index contributed by atoms with van der Waals surface area (Å²) < 4.78 is 5.97. The van der Waals surface area contributed by atoms with Crippen LogP contribution in [0.5, 0.6) is 0 Å². The van der Waals surface area contributed by atoms with Gasteiger partial charge in [0, 0.05) is 5.88 Å². The zero-order chi connectivity index (χ0) is 16.1. The van der Waals surface area contributed by atoms with Gasteiger partial charge in [0.1, 0.15) is 0 Å². The van der Waals surface area contributed by atoms with Gasteiger partial charge in [-0.2, -0.15) is 0 Å². The largest absolute Gasteiger partial charge is 0.377 e. The molecular weight excluding hydrogens is 304 g/mol. The van der Waals surface area contributed by atoms with Gasteiger partial charge in [-0.05, 0) is 80.0 Å². The Kier molecular flexibility index (Phi) is 4.34. The van der Waals surface area contributed by atoms with Gasteiger partial charge in [-0.1, -0.05) is 31.9 Å². The first-order chi connectivity index (χ1) is 11.1. The van der Waals surface area contributed by atoms with Crippen LogP contribution in [0.3, 0.4) is 0 Å². The van der Waals surface area contributed by atoms with Crippen LogP contribution in [-0.2, 0) is 4.74 Å². The summed E-state index contributed by atoms with van der Waals surface area (Å²) in [5, 5.41) is 0. The number of alkyl halides is 1. The van der Waals surface area contributed by atoms with Crippen LogP contribution in [0.4, 0.5) is 0 Å². The van der Waals surface area contributed by atoms with Crippen LogP contribution in [0.1, 0.15) is 71.6 Å². The van der Waals surface area contributed by atoms with E-state index in [1.54, 1.807) is 5.57 Å². The summed E-state index contributed by atoms with van der Waals surface area (Å²) in [6.45, 7) is 5.90. The molecule has 1 nitrogen and oxygen atoms in total. The van der Waals surface area contributed by atoms with E-state index < -0.39 is 0 Å². The maximum Gasteiger partial charge on any atom is 0.0613 e. The van der Waals surface area contributed by atoms with E-state index in [0.717, 1.165) is 17.8 Å². The molecular formula is C21H33ClO. The number of hydrogen-bond acceptors (Lipinski definition) is 1.